The molecule has 0 spiro atoms. The van der Waals surface area contributed by atoms with Crippen molar-refractivity contribution in [1.29, 1.82) is 0 Å². The number of rotatable bonds is 7. The Balaban J connectivity index is 1.34. The normalized spacial score (nSPS) is 21.3. The van der Waals surface area contributed by atoms with E-state index >= 15 is 0 Å². The van der Waals surface area contributed by atoms with Crippen LogP contribution in [0.4, 0.5) is 17.1 Å². The summed E-state index contributed by atoms with van der Waals surface area (Å²) in [5.74, 6) is 0.374. The van der Waals surface area contributed by atoms with Crippen LogP contribution in [-0.2, 0) is 5.41 Å². The summed E-state index contributed by atoms with van der Waals surface area (Å²) in [6.07, 6.45) is 20.9. The lowest BCUT2D eigenvalue weighted by molar-refractivity contribution is 0.536. The molecular formula is C37H44N4. The molecule has 1 fully saturated rings. The fourth-order valence-electron chi connectivity index (χ4n) is 6.77. The number of anilines is 3. The summed E-state index contributed by atoms with van der Waals surface area (Å²) in [5, 5.41) is 3.66. The third-order valence-corrected chi connectivity index (χ3v) is 9.18. The molecule has 0 radical (unpaired) electrons. The van der Waals surface area contributed by atoms with Crippen LogP contribution in [-0.4, -0.2) is 17.7 Å². The number of allylic oxidation sites excluding steroid dienone is 8. The van der Waals surface area contributed by atoms with Crippen molar-refractivity contribution in [3.05, 3.63) is 119 Å². The first-order valence-electron chi connectivity index (χ1n) is 15.4. The number of hydrogen-bond acceptors (Lipinski definition) is 3. The van der Waals surface area contributed by atoms with Gasteiger partial charge in [-0.05, 0) is 90.5 Å². The predicted molar refractivity (Wildman–Crippen MR) is 175 cm³/mol. The quantitative estimate of drug-likeness (QED) is 0.292. The molecule has 6 rings (SSSR count). The lowest BCUT2D eigenvalue weighted by atomic mass is 9.80. The summed E-state index contributed by atoms with van der Waals surface area (Å²) >= 11 is 0. The first-order chi connectivity index (χ1) is 19.9. The van der Waals surface area contributed by atoms with E-state index in [1.807, 2.05) is 12.1 Å². The lowest BCUT2D eigenvalue weighted by Crippen LogP contribution is -2.18. The second-order valence-corrected chi connectivity index (χ2v) is 12.5. The highest BCUT2D eigenvalue weighted by Gasteiger charge is 2.24. The van der Waals surface area contributed by atoms with Crippen LogP contribution in [0.25, 0.3) is 5.70 Å². The van der Waals surface area contributed by atoms with E-state index in [2.05, 4.69) is 115 Å². The largest absolute Gasteiger partial charge is 0.398 e. The maximum Gasteiger partial charge on any atom is 0.0550 e. The van der Waals surface area contributed by atoms with E-state index in [1.165, 1.54) is 57.9 Å². The Morgan fingerprint density at radius 1 is 0.951 bits per heavy atom. The van der Waals surface area contributed by atoms with E-state index in [9.17, 15) is 0 Å². The van der Waals surface area contributed by atoms with Gasteiger partial charge in [-0.15, -0.1) is 0 Å². The Morgan fingerprint density at radius 2 is 1.73 bits per heavy atom. The smallest absolute Gasteiger partial charge is 0.0550 e. The van der Waals surface area contributed by atoms with Crippen LogP contribution in [0.5, 0.6) is 0 Å². The topological polar surface area (TPSA) is 46.2 Å². The molecule has 212 valence electrons. The molecule has 0 unspecified atom stereocenters. The number of hydrogen-bond donors (Lipinski definition) is 2. The van der Waals surface area contributed by atoms with Crippen molar-refractivity contribution in [3.8, 4) is 0 Å². The van der Waals surface area contributed by atoms with Crippen LogP contribution in [0.2, 0.25) is 0 Å². The molecule has 2 aromatic carbocycles. The van der Waals surface area contributed by atoms with Crippen molar-refractivity contribution >= 4 is 22.8 Å². The van der Waals surface area contributed by atoms with Gasteiger partial charge in [0, 0.05) is 48.5 Å². The first kappa shape index (κ1) is 27.3. The highest BCUT2D eigenvalue weighted by Crippen LogP contribution is 2.40. The molecule has 3 heterocycles. The molecule has 1 aliphatic carbocycles. The summed E-state index contributed by atoms with van der Waals surface area (Å²) < 4.78 is 2.39. The van der Waals surface area contributed by atoms with Crippen LogP contribution in [0.15, 0.2) is 108 Å². The van der Waals surface area contributed by atoms with Crippen LogP contribution in [0.1, 0.15) is 76.3 Å². The summed E-state index contributed by atoms with van der Waals surface area (Å²) in [6.45, 7) is 9.20. The fraction of sp³-hybridized carbons (Fsp3) is 0.351. The van der Waals surface area contributed by atoms with Crippen molar-refractivity contribution < 1.29 is 0 Å². The van der Waals surface area contributed by atoms with Gasteiger partial charge in [0.1, 0.15) is 0 Å². The van der Waals surface area contributed by atoms with E-state index in [-0.39, 0.29) is 5.41 Å². The van der Waals surface area contributed by atoms with E-state index < -0.39 is 0 Å². The minimum Gasteiger partial charge on any atom is -0.398 e. The molecule has 1 saturated heterocycles. The zero-order chi connectivity index (χ0) is 28.4. The van der Waals surface area contributed by atoms with E-state index in [4.69, 9.17) is 5.73 Å². The summed E-state index contributed by atoms with van der Waals surface area (Å²) in [7, 11) is 0. The second-order valence-electron chi connectivity index (χ2n) is 12.5. The van der Waals surface area contributed by atoms with Gasteiger partial charge in [0.15, 0.2) is 0 Å². The van der Waals surface area contributed by atoms with Crippen LogP contribution in [0.3, 0.4) is 0 Å². The number of aromatic nitrogens is 1. The molecular weight excluding hydrogens is 500 g/mol. The number of fused-ring (bicyclic) bond motifs is 1. The average molecular weight is 545 g/mol. The molecule has 3 aromatic rings. The van der Waals surface area contributed by atoms with Crippen molar-refractivity contribution in [2.75, 3.05) is 29.0 Å². The summed E-state index contributed by atoms with van der Waals surface area (Å²) in [6, 6.07) is 19.2. The third kappa shape index (κ3) is 5.66. The van der Waals surface area contributed by atoms with Crippen LogP contribution >= 0.6 is 0 Å². The fourth-order valence-corrected chi connectivity index (χ4v) is 6.77. The molecule has 4 heteroatoms. The molecule has 4 nitrogen and oxygen atoms in total. The van der Waals surface area contributed by atoms with Gasteiger partial charge < -0.3 is 20.5 Å². The van der Waals surface area contributed by atoms with Crippen molar-refractivity contribution in [2.45, 2.75) is 70.6 Å². The highest BCUT2D eigenvalue weighted by atomic mass is 15.2. The monoisotopic (exact) mass is 544 g/mol. The number of nitrogen functional groups attached to an aromatic ring is 1. The number of nitrogens with two attached hydrogens (primary N) is 1. The van der Waals surface area contributed by atoms with Gasteiger partial charge in [0.25, 0.3) is 0 Å². The molecule has 0 bridgehead atoms. The Hall–Kier alpha value is -3.92. The SMILES string of the molecule is C[C@@H]1/C(=C\C=C2/CCCC(/C=C/CC(C)(C)c3ccccc3N)=C2n2ccc(N3CCCC3)c2)Nc2ccccc21. The minimum absolute atomic E-state index is 0.0318. The Bertz CT molecular complexity index is 1520. The van der Waals surface area contributed by atoms with Gasteiger partial charge in [-0.25, -0.2) is 0 Å². The number of para-hydroxylation sites is 2. The van der Waals surface area contributed by atoms with Gasteiger partial charge >= 0.3 is 0 Å². The molecule has 3 aliphatic rings. The molecule has 3 N–H and O–H groups in total. The Morgan fingerprint density at radius 3 is 2.54 bits per heavy atom. The standard InChI is InChI=1S/C37H44N4/c1-27-31-15-4-7-18-35(31)39-34(27)20-19-29-13-10-12-28(14-11-22-37(2,3)32-16-5-6-17-33(32)38)36(29)41-25-21-30(26-41)40-23-8-9-24-40/h4-7,11,14-21,25-27,39H,8-10,12-13,22-24,38H2,1-3H3/b14-11+,29-19+,34-20+/t27-/m0/s1. The Kier molecular flexibility index (Phi) is 7.66. The van der Waals surface area contributed by atoms with Crippen molar-refractivity contribution in [3.63, 3.8) is 0 Å². The molecule has 41 heavy (non-hydrogen) atoms. The van der Waals surface area contributed by atoms with E-state index in [0.717, 1.165) is 44.5 Å². The Labute approximate surface area is 246 Å². The molecule has 0 saturated carbocycles. The number of nitrogens with one attached hydrogen (secondary N) is 1. The maximum absolute atomic E-state index is 6.36. The average Bonchev–Trinajstić information content (AvgIpc) is 3.73. The van der Waals surface area contributed by atoms with Gasteiger partial charge in [-0.2, -0.15) is 0 Å². The van der Waals surface area contributed by atoms with Gasteiger partial charge in [0.2, 0.25) is 0 Å². The summed E-state index contributed by atoms with van der Waals surface area (Å²) in [4.78, 5) is 2.52. The first-order valence-corrected chi connectivity index (χ1v) is 15.4. The predicted octanol–water partition coefficient (Wildman–Crippen LogP) is 9.03. The van der Waals surface area contributed by atoms with Gasteiger partial charge in [-0.1, -0.05) is 75.4 Å². The molecule has 1 aromatic heterocycles. The van der Waals surface area contributed by atoms with Crippen molar-refractivity contribution in [1.82, 2.24) is 4.57 Å². The maximum atomic E-state index is 6.36. The zero-order valence-electron chi connectivity index (χ0n) is 24.9. The third-order valence-electron chi connectivity index (χ3n) is 9.18. The lowest BCUT2D eigenvalue weighted by Gasteiger charge is -2.26. The number of nitrogens with zero attached hydrogens (tertiary/aromatic N) is 2. The van der Waals surface area contributed by atoms with E-state index in [0.29, 0.717) is 5.92 Å². The van der Waals surface area contributed by atoms with Crippen LogP contribution < -0.4 is 16.0 Å². The van der Waals surface area contributed by atoms with Crippen molar-refractivity contribution in [2.24, 2.45) is 0 Å². The zero-order valence-corrected chi connectivity index (χ0v) is 24.9. The van der Waals surface area contributed by atoms with Gasteiger partial charge in [-0.3, -0.25) is 0 Å². The minimum atomic E-state index is -0.0318. The van der Waals surface area contributed by atoms with Gasteiger partial charge in [0.05, 0.1) is 11.4 Å². The van der Waals surface area contributed by atoms with E-state index in [1.54, 1.807) is 0 Å². The molecule has 2 aliphatic heterocycles. The molecule has 0 amide bonds. The summed E-state index contributed by atoms with van der Waals surface area (Å²) in [5.41, 5.74) is 17.8. The second kappa shape index (κ2) is 11.5. The molecule has 1 atom stereocenters. The van der Waals surface area contributed by atoms with Crippen LogP contribution in [0, 0.1) is 0 Å². The highest BCUT2D eigenvalue weighted by molar-refractivity contribution is 5.74. The number of benzene rings is 2.